The SMILES string of the molecule is O=C1C=C(N(c2ccccc2)c2ccccc2)c2cc3ccccc3cc2C1=O. The van der Waals surface area contributed by atoms with Crippen molar-refractivity contribution in [1.29, 1.82) is 0 Å². The molecule has 4 aromatic rings. The van der Waals surface area contributed by atoms with Crippen molar-refractivity contribution in [2.45, 2.75) is 0 Å². The maximum Gasteiger partial charge on any atom is 0.233 e. The highest BCUT2D eigenvalue weighted by Gasteiger charge is 2.30. The number of fused-ring (bicyclic) bond motifs is 2. The standard InChI is InChI=1S/C26H17NO2/c28-25-17-24(22-15-18-9-7-8-10-19(18)16-23(22)26(25)29)27(20-11-3-1-4-12-20)21-13-5-2-6-14-21/h1-17H. The number of rotatable bonds is 3. The number of allylic oxidation sites excluding steroid dienone is 1. The van der Waals surface area contributed by atoms with Gasteiger partial charge in [0.2, 0.25) is 11.6 Å². The van der Waals surface area contributed by atoms with E-state index in [0.29, 0.717) is 11.3 Å². The first-order chi connectivity index (χ1) is 14.2. The molecule has 0 amide bonds. The van der Waals surface area contributed by atoms with Gasteiger partial charge in [-0.1, -0.05) is 60.7 Å². The van der Waals surface area contributed by atoms with E-state index in [1.807, 2.05) is 102 Å². The van der Waals surface area contributed by atoms with Gasteiger partial charge in [0.15, 0.2) is 0 Å². The molecule has 0 unspecified atom stereocenters. The van der Waals surface area contributed by atoms with Crippen molar-refractivity contribution < 1.29 is 9.59 Å². The van der Waals surface area contributed by atoms with E-state index < -0.39 is 11.6 Å². The predicted octanol–water partition coefficient (Wildman–Crippen LogP) is 5.78. The third-order valence-electron chi connectivity index (χ3n) is 5.17. The molecule has 0 spiro atoms. The van der Waals surface area contributed by atoms with E-state index in [1.54, 1.807) is 0 Å². The molecule has 5 rings (SSSR count). The van der Waals surface area contributed by atoms with Crippen LogP contribution in [0.25, 0.3) is 16.5 Å². The second-order valence-corrected chi connectivity index (χ2v) is 6.97. The summed E-state index contributed by atoms with van der Waals surface area (Å²) in [5, 5.41) is 1.97. The number of hydrogen-bond acceptors (Lipinski definition) is 3. The van der Waals surface area contributed by atoms with Crippen molar-refractivity contribution >= 4 is 39.4 Å². The molecular formula is C26H17NO2. The minimum Gasteiger partial charge on any atom is -0.310 e. The van der Waals surface area contributed by atoms with Gasteiger partial charge >= 0.3 is 0 Å². The first-order valence-corrected chi connectivity index (χ1v) is 9.46. The van der Waals surface area contributed by atoms with Crippen molar-refractivity contribution in [2.75, 3.05) is 4.90 Å². The first kappa shape index (κ1) is 17.1. The van der Waals surface area contributed by atoms with Crippen LogP contribution in [0.2, 0.25) is 0 Å². The number of carbonyl (C=O) groups excluding carboxylic acids is 2. The van der Waals surface area contributed by atoms with E-state index in [4.69, 9.17) is 0 Å². The molecule has 1 aliphatic rings. The van der Waals surface area contributed by atoms with Gasteiger partial charge in [-0.3, -0.25) is 9.59 Å². The summed E-state index contributed by atoms with van der Waals surface area (Å²) in [7, 11) is 0. The lowest BCUT2D eigenvalue weighted by Crippen LogP contribution is -2.25. The Kier molecular flexibility index (Phi) is 4.07. The summed E-state index contributed by atoms with van der Waals surface area (Å²) in [6.07, 6.45) is 1.46. The lowest BCUT2D eigenvalue weighted by Gasteiger charge is -2.30. The zero-order valence-corrected chi connectivity index (χ0v) is 15.6. The number of hydrogen-bond donors (Lipinski definition) is 0. The fraction of sp³-hybridized carbons (Fsp3) is 0. The average Bonchev–Trinajstić information content (AvgIpc) is 2.78. The highest BCUT2D eigenvalue weighted by molar-refractivity contribution is 6.51. The summed E-state index contributed by atoms with van der Waals surface area (Å²) in [4.78, 5) is 27.3. The van der Waals surface area contributed by atoms with Crippen LogP contribution in [-0.2, 0) is 4.79 Å². The summed E-state index contributed by atoms with van der Waals surface area (Å²) >= 11 is 0. The number of benzene rings is 4. The fourth-order valence-electron chi connectivity index (χ4n) is 3.81. The van der Waals surface area contributed by atoms with Crippen LogP contribution in [0.4, 0.5) is 11.4 Å². The molecule has 4 aromatic carbocycles. The van der Waals surface area contributed by atoms with Crippen LogP contribution in [0.5, 0.6) is 0 Å². The van der Waals surface area contributed by atoms with Crippen LogP contribution in [-0.4, -0.2) is 11.6 Å². The highest BCUT2D eigenvalue weighted by Crippen LogP contribution is 2.38. The molecule has 0 N–H and O–H groups in total. The zero-order valence-electron chi connectivity index (χ0n) is 15.6. The summed E-state index contributed by atoms with van der Waals surface area (Å²) < 4.78 is 0. The Bertz CT molecular complexity index is 1230. The number of Topliss-reactive ketones (excluding diaryl/α,β-unsaturated/α-hetero) is 1. The van der Waals surface area contributed by atoms with Crippen molar-refractivity contribution in [1.82, 2.24) is 0 Å². The number of carbonyl (C=O) groups is 2. The molecule has 1 aliphatic carbocycles. The number of nitrogens with zero attached hydrogens (tertiary/aromatic N) is 1. The monoisotopic (exact) mass is 375 g/mol. The lowest BCUT2D eigenvalue weighted by molar-refractivity contribution is -0.111. The van der Waals surface area contributed by atoms with Crippen molar-refractivity contribution in [2.24, 2.45) is 0 Å². The van der Waals surface area contributed by atoms with E-state index in [9.17, 15) is 9.59 Å². The molecule has 0 aliphatic heterocycles. The minimum absolute atomic E-state index is 0.447. The van der Waals surface area contributed by atoms with Crippen molar-refractivity contribution in [3.05, 3.63) is 114 Å². The minimum atomic E-state index is -0.500. The van der Waals surface area contributed by atoms with E-state index in [-0.39, 0.29) is 0 Å². The summed E-state index contributed by atoms with van der Waals surface area (Å²) in [6.45, 7) is 0. The van der Waals surface area contributed by atoms with E-state index >= 15 is 0 Å². The van der Waals surface area contributed by atoms with Crippen LogP contribution in [0, 0.1) is 0 Å². The molecule has 29 heavy (non-hydrogen) atoms. The van der Waals surface area contributed by atoms with Crippen molar-refractivity contribution in [3.63, 3.8) is 0 Å². The molecule has 0 saturated heterocycles. The smallest absolute Gasteiger partial charge is 0.233 e. The van der Waals surface area contributed by atoms with Crippen molar-refractivity contribution in [3.8, 4) is 0 Å². The number of anilines is 2. The molecular weight excluding hydrogens is 358 g/mol. The summed E-state index contributed by atoms with van der Waals surface area (Å²) in [5.74, 6) is -0.963. The quantitative estimate of drug-likeness (QED) is 0.426. The zero-order chi connectivity index (χ0) is 19.8. The predicted molar refractivity (Wildman–Crippen MR) is 116 cm³/mol. The molecule has 3 heteroatoms. The van der Waals surface area contributed by atoms with Crippen LogP contribution in [0.1, 0.15) is 15.9 Å². The van der Waals surface area contributed by atoms with Gasteiger partial charge in [0.25, 0.3) is 0 Å². The molecule has 0 bridgehead atoms. The second kappa shape index (κ2) is 6.88. The average molecular weight is 375 g/mol. The van der Waals surface area contributed by atoms with Gasteiger partial charge in [-0.25, -0.2) is 0 Å². The van der Waals surface area contributed by atoms with Gasteiger partial charge in [-0.15, -0.1) is 0 Å². The second-order valence-electron chi connectivity index (χ2n) is 6.97. The third kappa shape index (κ3) is 2.93. The molecule has 138 valence electrons. The Morgan fingerprint density at radius 2 is 1.03 bits per heavy atom. The van der Waals surface area contributed by atoms with Gasteiger partial charge in [0, 0.05) is 28.6 Å². The maximum absolute atomic E-state index is 12.7. The van der Waals surface area contributed by atoms with Crippen LogP contribution in [0.3, 0.4) is 0 Å². The van der Waals surface area contributed by atoms with Gasteiger partial charge in [-0.2, -0.15) is 0 Å². The van der Waals surface area contributed by atoms with Gasteiger partial charge in [0.05, 0.1) is 5.70 Å². The van der Waals surface area contributed by atoms with E-state index in [1.165, 1.54) is 6.08 Å². The van der Waals surface area contributed by atoms with E-state index in [2.05, 4.69) is 0 Å². The van der Waals surface area contributed by atoms with Crippen LogP contribution < -0.4 is 4.90 Å². The van der Waals surface area contributed by atoms with Crippen LogP contribution in [0.15, 0.2) is 103 Å². The molecule has 0 fully saturated rings. The normalized spacial score (nSPS) is 13.2. The maximum atomic E-state index is 12.7. The molecule has 3 nitrogen and oxygen atoms in total. The molecule has 0 atom stereocenters. The molecule has 0 radical (unpaired) electrons. The molecule has 0 saturated carbocycles. The Balaban J connectivity index is 1.79. The fourth-order valence-corrected chi connectivity index (χ4v) is 3.81. The van der Waals surface area contributed by atoms with Crippen LogP contribution >= 0.6 is 0 Å². The molecule has 0 heterocycles. The van der Waals surface area contributed by atoms with Gasteiger partial charge in [-0.05, 0) is 47.2 Å². The Morgan fingerprint density at radius 1 is 0.552 bits per heavy atom. The summed E-state index contributed by atoms with van der Waals surface area (Å²) in [6, 6.07) is 31.4. The number of para-hydroxylation sites is 2. The Labute approximate surface area is 168 Å². The third-order valence-corrected chi connectivity index (χ3v) is 5.17. The number of ketones is 2. The largest absolute Gasteiger partial charge is 0.310 e. The van der Waals surface area contributed by atoms with Gasteiger partial charge < -0.3 is 4.90 Å². The Hall–Kier alpha value is -3.98. The highest BCUT2D eigenvalue weighted by atomic mass is 16.2. The lowest BCUT2D eigenvalue weighted by atomic mass is 9.89. The first-order valence-electron chi connectivity index (χ1n) is 9.46. The molecule has 0 aromatic heterocycles. The van der Waals surface area contributed by atoms with E-state index in [0.717, 1.165) is 27.7 Å². The topological polar surface area (TPSA) is 37.4 Å². The Morgan fingerprint density at radius 3 is 1.59 bits per heavy atom. The summed E-state index contributed by atoms with van der Waals surface area (Å²) in [5.41, 5.74) is 3.76. The van der Waals surface area contributed by atoms with Gasteiger partial charge in [0.1, 0.15) is 0 Å².